The molecule has 1 aromatic rings. The Kier molecular flexibility index (Phi) is 3.50. The summed E-state index contributed by atoms with van der Waals surface area (Å²) in [5.74, 6) is 0. The van der Waals surface area contributed by atoms with Crippen molar-refractivity contribution >= 4 is 27.5 Å². The maximum Gasteiger partial charge on any atom is 0.109 e. The van der Waals surface area contributed by atoms with Gasteiger partial charge in [0.05, 0.1) is 6.04 Å². The number of hydrogen-bond acceptors (Lipinski definition) is 1. The molecule has 0 radical (unpaired) electrons. The number of nitrogens with two attached hydrogens (primary N) is 1. The molecule has 0 aromatic heterocycles. The lowest BCUT2D eigenvalue weighted by molar-refractivity contribution is 0.437. The summed E-state index contributed by atoms with van der Waals surface area (Å²) in [7, 11) is 0. The lowest BCUT2D eigenvalue weighted by Gasteiger charge is -2.09. The number of hydrogen-bond donors (Lipinski definition) is 1. The van der Waals surface area contributed by atoms with Crippen LogP contribution in [0.4, 0.5) is 4.39 Å². The summed E-state index contributed by atoms with van der Waals surface area (Å²) in [5, 5.41) is 0.495. The Morgan fingerprint density at radius 3 is 2.75 bits per heavy atom. The highest BCUT2D eigenvalue weighted by molar-refractivity contribution is 9.10. The molecule has 1 aromatic carbocycles. The third-order valence-electron chi connectivity index (χ3n) is 1.53. The van der Waals surface area contributed by atoms with Crippen molar-refractivity contribution in [3.63, 3.8) is 0 Å². The molecule has 0 bridgehead atoms. The monoisotopic (exact) mass is 251 g/mol. The second kappa shape index (κ2) is 4.21. The second-order valence-corrected chi connectivity index (χ2v) is 3.75. The van der Waals surface area contributed by atoms with Gasteiger partial charge in [0.25, 0.3) is 0 Å². The topological polar surface area (TPSA) is 26.0 Å². The van der Waals surface area contributed by atoms with Crippen LogP contribution in [-0.4, -0.2) is 6.67 Å². The van der Waals surface area contributed by atoms with E-state index in [1.165, 1.54) is 0 Å². The van der Waals surface area contributed by atoms with E-state index in [9.17, 15) is 4.39 Å². The predicted molar refractivity (Wildman–Crippen MR) is 52.1 cm³/mol. The first-order chi connectivity index (χ1) is 5.65. The third kappa shape index (κ3) is 2.19. The van der Waals surface area contributed by atoms with Gasteiger partial charge in [0, 0.05) is 9.50 Å². The van der Waals surface area contributed by atoms with Crippen LogP contribution in [0.1, 0.15) is 11.6 Å². The number of halogens is 3. The largest absolute Gasteiger partial charge is 0.322 e. The Balaban J connectivity index is 3.01. The molecule has 66 valence electrons. The predicted octanol–water partition coefficient (Wildman–Crippen LogP) is 3.07. The molecular weight excluding hydrogens is 244 g/mol. The molecule has 0 aliphatic heterocycles. The average molecular weight is 253 g/mol. The third-order valence-corrected chi connectivity index (χ3v) is 2.35. The summed E-state index contributed by atoms with van der Waals surface area (Å²) in [4.78, 5) is 0. The van der Waals surface area contributed by atoms with Crippen LogP contribution < -0.4 is 5.73 Å². The first kappa shape index (κ1) is 9.96. The van der Waals surface area contributed by atoms with Crippen LogP contribution in [0.3, 0.4) is 0 Å². The molecule has 0 amide bonds. The van der Waals surface area contributed by atoms with Crippen LogP contribution in [0.2, 0.25) is 5.02 Å². The lowest BCUT2D eigenvalue weighted by Crippen LogP contribution is -2.12. The SMILES string of the molecule is N[C@@H](CF)c1ccc(Br)cc1Cl. The summed E-state index contributed by atoms with van der Waals surface area (Å²) in [6, 6.07) is 4.59. The Morgan fingerprint density at radius 2 is 2.25 bits per heavy atom. The van der Waals surface area contributed by atoms with Gasteiger partial charge in [-0.25, -0.2) is 4.39 Å². The fraction of sp³-hybridized carbons (Fsp3) is 0.250. The van der Waals surface area contributed by atoms with Crippen LogP contribution in [0, 0.1) is 0 Å². The van der Waals surface area contributed by atoms with Crippen molar-refractivity contribution in [1.82, 2.24) is 0 Å². The summed E-state index contributed by atoms with van der Waals surface area (Å²) in [5.41, 5.74) is 6.11. The van der Waals surface area contributed by atoms with E-state index in [-0.39, 0.29) is 0 Å². The van der Waals surface area contributed by atoms with Crippen molar-refractivity contribution in [3.05, 3.63) is 33.3 Å². The summed E-state index contributed by atoms with van der Waals surface area (Å²) < 4.78 is 13.0. The molecule has 0 unspecified atom stereocenters. The van der Waals surface area contributed by atoms with E-state index in [0.29, 0.717) is 10.6 Å². The van der Waals surface area contributed by atoms with Crippen molar-refractivity contribution in [1.29, 1.82) is 0 Å². The van der Waals surface area contributed by atoms with Gasteiger partial charge < -0.3 is 5.73 Å². The van der Waals surface area contributed by atoms with Gasteiger partial charge in [-0.15, -0.1) is 0 Å². The maximum absolute atomic E-state index is 12.2. The van der Waals surface area contributed by atoms with E-state index in [4.69, 9.17) is 17.3 Å². The van der Waals surface area contributed by atoms with Gasteiger partial charge in [-0.2, -0.15) is 0 Å². The minimum Gasteiger partial charge on any atom is -0.322 e. The zero-order valence-electron chi connectivity index (χ0n) is 6.23. The van der Waals surface area contributed by atoms with Crippen LogP contribution in [0.25, 0.3) is 0 Å². The lowest BCUT2D eigenvalue weighted by atomic mass is 10.1. The minimum absolute atomic E-state index is 0.495. The van der Waals surface area contributed by atoms with Gasteiger partial charge in [0.1, 0.15) is 6.67 Å². The zero-order chi connectivity index (χ0) is 9.14. The van der Waals surface area contributed by atoms with Crippen molar-refractivity contribution in [2.75, 3.05) is 6.67 Å². The Bertz CT molecular complexity index is 280. The highest BCUT2D eigenvalue weighted by Crippen LogP contribution is 2.25. The standard InChI is InChI=1S/C8H8BrClFN/c9-5-1-2-6(7(10)3-5)8(12)4-11/h1-3,8H,4,12H2/t8-/m0/s1. The van der Waals surface area contributed by atoms with Gasteiger partial charge in [-0.05, 0) is 17.7 Å². The molecule has 1 rings (SSSR count). The first-order valence-corrected chi connectivity index (χ1v) is 4.58. The molecule has 1 atom stereocenters. The van der Waals surface area contributed by atoms with E-state index in [1.807, 2.05) is 0 Å². The normalized spacial score (nSPS) is 13.0. The van der Waals surface area contributed by atoms with Crippen LogP contribution in [0.15, 0.2) is 22.7 Å². The minimum atomic E-state index is -0.620. The fourth-order valence-corrected chi connectivity index (χ4v) is 1.70. The van der Waals surface area contributed by atoms with Crippen LogP contribution in [-0.2, 0) is 0 Å². The van der Waals surface area contributed by atoms with Gasteiger partial charge in [-0.3, -0.25) is 0 Å². The van der Waals surface area contributed by atoms with Gasteiger partial charge in [0.15, 0.2) is 0 Å². The van der Waals surface area contributed by atoms with Crippen molar-refractivity contribution < 1.29 is 4.39 Å². The van der Waals surface area contributed by atoms with Gasteiger partial charge in [0.2, 0.25) is 0 Å². The Morgan fingerprint density at radius 1 is 1.58 bits per heavy atom. The van der Waals surface area contributed by atoms with Gasteiger partial charge in [-0.1, -0.05) is 33.6 Å². The summed E-state index contributed by atoms with van der Waals surface area (Å²) in [6.07, 6.45) is 0. The highest BCUT2D eigenvalue weighted by atomic mass is 79.9. The summed E-state index contributed by atoms with van der Waals surface area (Å²) in [6.45, 7) is -0.596. The van der Waals surface area contributed by atoms with E-state index in [0.717, 1.165) is 4.47 Å². The fourth-order valence-electron chi connectivity index (χ4n) is 0.885. The molecule has 0 aliphatic rings. The molecule has 12 heavy (non-hydrogen) atoms. The molecule has 0 saturated carbocycles. The molecule has 0 heterocycles. The second-order valence-electron chi connectivity index (χ2n) is 2.43. The summed E-state index contributed by atoms with van der Waals surface area (Å²) >= 11 is 9.07. The molecule has 2 N–H and O–H groups in total. The average Bonchev–Trinajstić information content (AvgIpc) is 2.03. The molecule has 0 aliphatic carbocycles. The van der Waals surface area contributed by atoms with E-state index in [1.54, 1.807) is 18.2 Å². The molecule has 0 fully saturated rings. The number of rotatable bonds is 2. The molecule has 1 nitrogen and oxygen atoms in total. The highest BCUT2D eigenvalue weighted by Gasteiger charge is 2.09. The first-order valence-electron chi connectivity index (χ1n) is 3.41. The van der Waals surface area contributed by atoms with Gasteiger partial charge >= 0.3 is 0 Å². The Labute approximate surface area is 83.8 Å². The molecule has 4 heteroatoms. The van der Waals surface area contributed by atoms with Crippen molar-refractivity contribution in [3.8, 4) is 0 Å². The number of alkyl halides is 1. The van der Waals surface area contributed by atoms with E-state index < -0.39 is 12.7 Å². The van der Waals surface area contributed by atoms with Crippen molar-refractivity contribution in [2.24, 2.45) is 5.73 Å². The maximum atomic E-state index is 12.2. The quantitative estimate of drug-likeness (QED) is 0.860. The zero-order valence-corrected chi connectivity index (χ0v) is 8.57. The van der Waals surface area contributed by atoms with Crippen LogP contribution in [0.5, 0.6) is 0 Å². The van der Waals surface area contributed by atoms with Crippen LogP contribution >= 0.6 is 27.5 Å². The molecule has 0 spiro atoms. The number of benzene rings is 1. The van der Waals surface area contributed by atoms with E-state index in [2.05, 4.69) is 15.9 Å². The van der Waals surface area contributed by atoms with E-state index >= 15 is 0 Å². The Hall–Kier alpha value is -0.120. The molecule has 0 saturated heterocycles. The van der Waals surface area contributed by atoms with Crippen molar-refractivity contribution in [2.45, 2.75) is 6.04 Å². The smallest absolute Gasteiger partial charge is 0.109 e. The molecular formula is C8H8BrClFN.